The molecule has 0 spiro atoms. The maximum Gasteiger partial charge on any atom is 0.338 e. The van der Waals surface area contributed by atoms with Gasteiger partial charge in [-0.25, -0.2) is 4.79 Å². The smallest absolute Gasteiger partial charge is 0.338 e. The zero-order valence-electron chi connectivity index (χ0n) is 24.6. The van der Waals surface area contributed by atoms with Crippen LogP contribution in [0, 0.1) is 0 Å². The molecule has 3 N–H and O–H groups in total. The van der Waals surface area contributed by atoms with Crippen molar-refractivity contribution in [1.82, 2.24) is 9.80 Å². The van der Waals surface area contributed by atoms with E-state index in [1.807, 2.05) is 47.4 Å². The first-order valence-electron chi connectivity index (χ1n) is 13.9. The summed E-state index contributed by atoms with van der Waals surface area (Å²) < 4.78 is 12.0. The fourth-order valence-electron chi connectivity index (χ4n) is 5.44. The van der Waals surface area contributed by atoms with E-state index in [1.54, 1.807) is 7.11 Å². The Kier molecular flexibility index (Phi) is 7.69. The molecular weight excluding hydrogens is 555 g/mol. The van der Waals surface area contributed by atoms with Gasteiger partial charge in [0.05, 0.1) is 24.3 Å². The highest BCUT2D eigenvalue weighted by atomic mass is 32.1. The summed E-state index contributed by atoms with van der Waals surface area (Å²) in [5.74, 6) is 0.405. The normalized spacial score (nSPS) is 17.4. The number of nitrogens with zero attached hydrogens (tertiary/aromatic N) is 2. The Hall–Kier alpha value is -3.34. The number of hydrogen-bond acceptors (Lipinski definition) is 7. The largest absolute Gasteiger partial charge is 0.543 e. The molecule has 3 heterocycles. The molecule has 2 aromatic carbocycles. The van der Waals surface area contributed by atoms with E-state index in [-0.39, 0.29) is 22.6 Å². The van der Waals surface area contributed by atoms with Gasteiger partial charge in [-0.15, -0.1) is 11.3 Å². The minimum absolute atomic E-state index is 0.00152. The van der Waals surface area contributed by atoms with Crippen molar-refractivity contribution in [2.45, 2.75) is 64.5 Å². The van der Waals surface area contributed by atoms with Gasteiger partial charge >= 0.3 is 5.97 Å². The van der Waals surface area contributed by atoms with E-state index in [0.29, 0.717) is 48.9 Å². The van der Waals surface area contributed by atoms with Crippen molar-refractivity contribution in [3.8, 4) is 11.5 Å². The number of amides is 1. The lowest BCUT2D eigenvalue weighted by Crippen LogP contribution is -2.44. The summed E-state index contributed by atoms with van der Waals surface area (Å²) in [6.07, 6.45) is 0.593. The number of aromatic carboxylic acids is 1. The molecule has 1 unspecified atom stereocenters. The summed E-state index contributed by atoms with van der Waals surface area (Å²) in [5.41, 5.74) is 9.97. The van der Waals surface area contributed by atoms with Gasteiger partial charge in [-0.2, -0.15) is 0 Å². The number of nitrogen functional groups attached to an aromatic ring is 1. The first-order chi connectivity index (χ1) is 19.3. The third kappa shape index (κ3) is 5.48. The van der Waals surface area contributed by atoms with Gasteiger partial charge in [-0.3, -0.25) is 9.69 Å². The predicted octanol–water partition coefficient (Wildman–Crippen LogP) is 6.18. The number of hydrogen-bond donors (Lipinski definition) is 2. The molecule has 8 nitrogen and oxygen atoms in total. The molecule has 0 fully saturated rings. The van der Waals surface area contributed by atoms with E-state index in [1.165, 1.54) is 11.3 Å². The molecule has 41 heavy (non-hydrogen) atoms. The van der Waals surface area contributed by atoms with Crippen molar-refractivity contribution in [3.05, 3.63) is 75.2 Å². The molecular formula is C31H39N3O5SSi. The van der Waals surface area contributed by atoms with E-state index in [0.717, 1.165) is 27.3 Å². The van der Waals surface area contributed by atoms with Gasteiger partial charge in [-0.1, -0.05) is 45.0 Å². The summed E-state index contributed by atoms with van der Waals surface area (Å²) in [6.45, 7) is 13.2. The minimum Gasteiger partial charge on any atom is -0.543 e. The van der Waals surface area contributed by atoms with Crippen LogP contribution in [0.1, 0.15) is 69.1 Å². The Balaban J connectivity index is 1.46. The van der Waals surface area contributed by atoms with Crippen molar-refractivity contribution in [3.63, 3.8) is 0 Å². The molecule has 0 saturated carbocycles. The van der Waals surface area contributed by atoms with Crippen LogP contribution in [0.3, 0.4) is 0 Å². The van der Waals surface area contributed by atoms with Crippen LogP contribution in [0.4, 0.5) is 5.00 Å². The zero-order valence-corrected chi connectivity index (χ0v) is 26.4. The van der Waals surface area contributed by atoms with Gasteiger partial charge in [0, 0.05) is 31.1 Å². The fourth-order valence-corrected chi connectivity index (χ4v) is 7.70. The lowest BCUT2D eigenvalue weighted by Gasteiger charge is -2.38. The summed E-state index contributed by atoms with van der Waals surface area (Å²) in [4.78, 5) is 31.2. The SMILES string of the molecule is COc1ccc(CN2CCc3c(sc(N)c3C(=O)O)C2CN2Cc3cccc(O[Si](C)(C)C(C)(C)C)c3C2=O)cc1. The van der Waals surface area contributed by atoms with Crippen molar-refractivity contribution < 1.29 is 23.9 Å². The average Bonchev–Trinajstić information content (AvgIpc) is 3.41. The summed E-state index contributed by atoms with van der Waals surface area (Å²) in [5, 5.41) is 10.2. The van der Waals surface area contributed by atoms with E-state index in [2.05, 4.69) is 38.8 Å². The van der Waals surface area contributed by atoms with Crippen molar-refractivity contribution >= 4 is 36.5 Å². The number of benzene rings is 2. The Morgan fingerprint density at radius 1 is 1.17 bits per heavy atom. The first kappa shape index (κ1) is 29.2. The van der Waals surface area contributed by atoms with Crippen LogP contribution in [0.5, 0.6) is 11.5 Å². The van der Waals surface area contributed by atoms with E-state index in [4.69, 9.17) is 14.9 Å². The van der Waals surface area contributed by atoms with Crippen LogP contribution in [0.2, 0.25) is 18.1 Å². The Labute approximate surface area is 246 Å². The number of fused-ring (bicyclic) bond motifs is 2. The quantitative estimate of drug-likeness (QED) is 0.301. The van der Waals surface area contributed by atoms with Gasteiger partial charge in [0.2, 0.25) is 0 Å². The number of rotatable bonds is 8. The zero-order chi connectivity index (χ0) is 29.7. The molecule has 218 valence electrons. The number of carbonyl (C=O) groups is 2. The third-order valence-corrected chi connectivity index (χ3v) is 14.3. The lowest BCUT2D eigenvalue weighted by molar-refractivity contribution is 0.0665. The van der Waals surface area contributed by atoms with Crippen LogP contribution in [-0.4, -0.2) is 55.3 Å². The number of methoxy groups -OCH3 is 1. The van der Waals surface area contributed by atoms with Crippen LogP contribution in [0.15, 0.2) is 42.5 Å². The summed E-state index contributed by atoms with van der Waals surface area (Å²) in [6, 6.07) is 13.6. The number of nitrogens with two attached hydrogens (primary N) is 1. The van der Waals surface area contributed by atoms with Crippen LogP contribution < -0.4 is 14.9 Å². The van der Waals surface area contributed by atoms with Crippen molar-refractivity contribution in [2.75, 3.05) is 25.9 Å². The van der Waals surface area contributed by atoms with Crippen LogP contribution in [0.25, 0.3) is 0 Å². The molecule has 0 aliphatic carbocycles. The Morgan fingerprint density at radius 2 is 1.88 bits per heavy atom. The van der Waals surface area contributed by atoms with E-state index in [9.17, 15) is 14.7 Å². The molecule has 10 heteroatoms. The highest BCUT2D eigenvalue weighted by Crippen LogP contribution is 2.44. The molecule has 0 saturated heterocycles. The maximum atomic E-state index is 14.0. The molecule has 0 bridgehead atoms. The highest BCUT2D eigenvalue weighted by molar-refractivity contribution is 7.16. The number of carbonyl (C=O) groups excluding carboxylic acids is 1. The predicted molar refractivity (Wildman–Crippen MR) is 165 cm³/mol. The molecule has 1 atom stereocenters. The number of thiophene rings is 1. The second-order valence-corrected chi connectivity index (χ2v) is 18.2. The molecule has 2 aliphatic rings. The average molecular weight is 594 g/mol. The lowest BCUT2D eigenvalue weighted by atomic mass is 9.96. The highest BCUT2D eigenvalue weighted by Gasteiger charge is 2.42. The molecule has 3 aromatic rings. The van der Waals surface area contributed by atoms with Gasteiger partial charge < -0.3 is 24.9 Å². The number of carboxylic acid groups (broad SMARTS) is 1. The van der Waals surface area contributed by atoms with Crippen molar-refractivity contribution in [1.29, 1.82) is 0 Å². The van der Waals surface area contributed by atoms with E-state index < -0.39 is 14.3 Å². The second-order valence-electron chi connectivity index (χ2n) is 12.4. The van der Waals surface area contributed by atoms with Crippen molar-refractivity contribution in [2.24, 2.45) is 0 Å². The third-order valence-electron chi connectivity index (χ3n) is 8.76. The molecule has 5 rings (SSSR count). The molecule has 1 aromatic heterocycles. The monoisotopic (exact) mass is 593 g/mol. The minimum atomic E-state index is -2.16. The molecule has 0 radical (unpaired) electrons. The number of anilines is 1. The van der Waals surface area contributed by atoms with Gasteiger partial charge in [0.1, 0.15) is 16.5 Å². The Morgan fingerprint density at radius 3 is 2.51 bits per heavy atom. The summed E-state index contributed by atoms with van der Waals surface area (Å²) in [7, 11) is -0.516. The Bertz CT molecular complexity index is 1480. The van der Waals surface area contributed by atoms with Crippen LogP contribution in [-0.2, 0) is 19.5 Å². The fraction of sp³-hybridized carbons (Fsp3) is 0.419. The number of carboxylic acids is 1. The van der Waals surface area contributed by atoms with Crippen LogP contribution >= 0.6 is 11.3 Å². The van der Waals surface area contributed by atoms with E-state index >= 15 is 0 Å². The standard InChI is InChI=1S/C31H39N3O5SSi/c1-31(2,3)41(5,6)39-24-9-7-8-20-17-34(29(35)25(20)24)18-23-27-22(26(30(36)37)28(32)40-27)14-15-33(23)16-19-10-12-21(38-4)13-11-19/h7-13,23H,14-18,32H2,1-6H3,(H,36,37). The van der Waals surface area contributed by atoms with Gasteiger partial charge in [0.15, 0.2) is 0 Å². The number of ether oxygens (including phenoxy) is 1. The second kappa shape index (κ2) is 10.8. The topological polar surface area (TPSA) is 105 Å². The first-order valence-corrected chi connectivity index (χ1v) is 17.6. The molecule has 1 amide bonds. The van der Waals surface area contributed by atoms with Gasteiger partial charge in [0.25, 0.3) is 14.2 Å². The van der Waals surface area contributed by atoms with Gasteiger partial charge in [-0.05, 0) is 59.4 Å². The molecule has 2 aliphatic heterocycles. The summed E-state index contributed by atoms with van der Waals surface area (Å²) >= 11 is 1.33. The maximum absolute atomic E-state index is 14.0.